The molecule has 0 saturated carbocycles. The van der Waals surface area contributed by atoms with Crippen LogP contribution in [0.2, 0.25) is 0 Å². The van der Waals surface area contributed by atoms with Crippen molar-refractivity contribution in [3.05, 3.63) is 11.8 Å². The van der Waals surface area contributed by atoms with E-state index in [9.17, 15) is 8.78 Å². The first-order chi connectivity index (χ1) is 3.80. The molecule has 3 heteroatoms. The van der Waals surface area contributed by atoms with Crippen molar-refractivity contribution in [3.8, 4) is 0 Å². The number of nitrogens with zero attached hydrogens (tertiary/aromatic N) is 1. The van der Waals surface area contributed by atoms with E-state index in [2.05, 4.69) is 4.99 Å². The summed E-state index contributed by atoms with van der Waals surface area (Å²) in [6.07, 6.45) is 1.06. The van der Waals surface area contributed by atoms with Crippen LogP contribution in [0.1, 0.15) is 6.42 Å². The lowest BCUT2D eigenvalue weighted by atomic mass is 10.4. The molecule has 0 aromatic rings. The molecule has 0 spiro atoms. The number of hydrogen-bond donors (Lipinski definition) is 0. The van der Waals surface area contributed by atoms with Crippen LogP contribution in [0.25, 0.3) is 0 Å². The maximum absolute atomic E-state index is 11.6. The van der Waals surface area contributed by atoms with Gasteiger partial charge in [-0.05, 0) is 0 Å². The van der Waals surface area contributed by atoms with Gasteiger partial charge in [0, 0.05) is 12.6 Å². The Bertz CT molecular complexity index is 137. The smallest absolute Gasteiger partial charge is 0.260 e. The Morgan fingerprint density at radius 3 is 2.62 bits per heavy atom. The zero-order valence-corrected chi connectivity index (χ0v) is 4.14. The fourth-order valence-electron chi connectivity index (χ4n) is 0.530. The lowest BCUT2D eigenvalue weighted by Crippen LogP contribution is -1.89. The van der Waals surface area contributed by atoms with Gasteiger partial charge in [-0.25, -0.2) is 8.78 Å². The Kier molecular flexibility index (Phi) is 1.37. The third-order valence-corrected chi connectivity index (χ3v) is 0.896. The third-order valence-electron chi connectivity index (χ3n) is 0.896. The van der Waals surface area contributed by atoms with E-state index < -0.39 is 6.43 Å². The molecule has 1 rings (SSSR count). The first-order valence-electron chi connectivity index (χ1n) is 2.31. The molecule has 0 saturated heterocycles. The second kappa shape index (κ2) is 2.03. The molecule has 0 aromatic carbocycles. The Balaban J connectivity index is 2.58. The van der Waals surface area contributed by atoms with Crippen molar-refractivity contribution in [2.45, 2.75) is 12.8 Å². The molecule has 0 amide bonds. The molecule has 0 radical (unpaired) electrons. The van der Waals surface area contributed by atoms with Crippen LogP contribution in [0.5, 0.6) is 0 Å². The summed E-state index contributed by atoms with van der Waals surface area (Å²) >= 11 is 0. The number of allylic oxidation sites excluding steroid dienone is 2. The summed E-state index contributed by atoms with van der Waals surface area (Å²) in [4.78, 5) is 3.42. The Morgan fingerprint density at radius 1 is 1.62 bits per heavy atom. The number of aliphatic imine (C=N–C) groups is 1. The second-order valence-electron chi connectivity index (χ2n) is 1.48. The van der Waals surface area contributed by atoms with E-state index in [0.29, 0.717) is 6.42 Å². The van der Waals surface area contributed by atoms with Gasteiger partial charge in [0.2, 0.25) is 0 Å². The lowest BCUT2D eigenvalue weighted by molar-refractivity contribution is 0.188. The van der Waals surface area contributed by atoms with Crippen molar-refractivity contribution in [3.63, 3.8) is 0 Å². The standard InChI is InChI=1S/C5H5F2N/c6-5(7)4-2-1-3-8-4/h2-3,5H,1H2. The van der Waals surface area contributed by atoms with Gasteiger partial charge in [0.25, 0.3) is 6.43 Å². The molecule has 0 fully saturated rings. The topological polar surface area (TPSA) is 12.4 Å². The van der Waals surface area contributed by atoms with Crippen LogP contribution in [0, 0.1) is 0 Å². The molecule has 0 aromatic heterocycles. The highest BCUT2D eigenvalue weighted by Crippen LogP contribution is 2.13. The zero-order valence-electron chi connectivity index (χ0n) is 4.14. The van der Waals surface area contributed by atoms with Crippen molar-refractivity contribution >= 4 is 6.21 Å². The van der Waals surface area contributed by atoms with Gasteiger partial charge in [0.05, 0.1) is 0 Å². The van der Waals surface area contributed by atoms with Crippen molar-refractivity contribution in [1.82, 2.24) is 0 Å². The van der Waals surface area contributed by atoms with E-state index in [1.54, 1.807) is 0 Å². The van der Waals surface area contributed by atoms with Gasteiger partial charge in [-0.15, -0.1) is 0 Å². The van der Waals surface area contributed by atoms with E-state index in [4.69, 9.17) is 0 Å². The maximum atomic E-state index is 11.6. The van der Waals surface area contributed by atoms with E-state index in [1.807, 2.05) is 0 Å². The molecule has 0 unspecified atom stereocenters. The highest BCUT2D eigenvalue weighted by Gasteiger charge is 2.10. The van der Waals surface area contributed by atoms with Crippen LogP contribution in [0.3, 0.4) is 0 Å². The van der Waals surface area contributed by atoms with Gasteiger partial charge >= 0.3 is 0 Å². The Labute approximate surface area is 45.7 Å². The minimum atomic E-state index is -2.39. The van der Waals surface area contributed by atoms with Gasteiger partial charge in [-0.1, -0.05) is 6.08 Å². The van der Waals surface area contributed by atoms with Crippen molar-refractivity contribution in [2.24, 2.45) is 4.99 Å². The summed E-state index contributed by atoms with van der Waals surface area (Å²) in [5.74, 6) is 0. The van der Waals surface area contributed by atoms with E-state index in [0.717, 1.165) is 0 Å². The van der Waals surface area contributed by atoms with Gasteiger partial charge in [0.15, 0.2) is 0 Å². The summed E-state index contributed by atoms with van der Waals surface area (Å²) in [6, 6.07) is 0. The lowest BCUT2D eigenvalue weighted by Gasteiger charge is -1.90. The van der Waals surface area contributed by atoms with Gasteiger partial charge in [-0.3, -0.25) is 4.99 Å². The first-order valence-corrected chi connectivity index (χ1v) is 2.31. The van der Waals surface area contributed by atoms with E-state index in [1.165, 1.54) is 12.3 Å². The fraction of sp³-hybridized carbons (Fsp3) is 0.400. The molecule has 0 atom stereocenters. The molecule has 8 heavy (non-hydrogen) atoms. The number of hydrogen-bond acceptors (Lipinski definition) is 1. The molecule has 1 aliphatic heterocycles. The van der Waals surface area contributed by atoms with Crippen molar-refractivity contribution < 1.29 is 8.78 Å². The predicted molar refractivity (Wildman–Crippen MR) is 27.2 cm³/mol. The second-order valence-corrected chi connectivity index (χ2v) is 1.48. The monoisotopic (exact) mass is 117 g/mol. The highest BCUT2D eigenvalue weighted by atomic mass is 19.3. The molecule has 1 heterocycles. The number of rotatable bonds is 1. The predicted octanol–water partition coefficient (Wildman–Crippen LogP) is 1.61. The Hall–Kier alpha value is -0.730. The molecule has 1 aliphatic rings. The van der Waals surface area contributed by atoms with Crippen LogP contribution in [-0.2, 0) is 0 Å². The molecule has 44 valence electrons. The van der Waals surface area contributed by atoms with Gasteiger partial charge in [-0.2, -0.15) is 0 Å². The third kappa shape index (κ3) is 0.911. The zero-order chi connectivity index (χ0) is 5.98. The summed E-state index contributed by atoms with van der Waals surface area (Å²) in [5, 5.41) is 0. The van der Waals surface area contributed by atoms with Crippen molar-refractivity contribution in [2.75, 3.05) is 0 Å². The maximum Gasteiger partial charge on any atom is 0.280 e. The first kappa shape index (κ1) is 5.41. The van der Waals surface area contributed by atoms with E-state index >= 15 is 0 Å². The summed E-state index contributed by atoms with van der Waals surface area (Å²) < 4.78 is 23.1. The number of alkyl halides is 2. The molecule has 0 aliphatic carbocycles. The summed E-state index contributed by atoms with van der Waals surface area (Å²) in [7, 11) is 0. The van der Waals surface area contributed by atoms with Gasteiger partial charge in [0.1, 0.15) is 5.70 Å². The van der Waals surface area contributed by atoms with E-state index in [-0.39, 0.29) is 5.70 Å². The van der Waals surface area contributed by atoms with Crippen LogP contribution in [0.4, 0.5) is 8.78 Å². The van der Waals surface area contributed by atoms with Crippen LogP contribution in [0.15, 0.2) is 16.8 Å². The average Bonchev–Trinajstić information content (AvgIpc) is 2.12. The normalized spacial score (nSPS) is 17.6. The quantitative estimate of drug-likeness (QED) is 0.494. The molecule has 1 nitrogen and oxygen atoms in total. The fourth-order valence-corrected chi connectivity index (χ4v) is 0.530. The minimum absolute atomic E-state index is 0.0926. The molecular weight excluding hydrogens is 112 g/mol. The molecular formula is C5H5F2N. The molecule has 0 N–H and O–H groups in total. The SMILES string of the molecule is FC(F)C1=CCC=N1. The van der Waals surface area contributed by atoms with Crippen molar-refractivity contribution in [1.29, 1.82) is 0 Å². The summed E-state index contributed by atoms with van der Waals surface area (Å²) in [6.45, 7) is 0. The van der Waals surface area contributed by atoms with Crippen LogP contribution < -0.4 is 0 Å². The average molecular weight is 117 g/mol. The highest BCUT2D eigenvalue weighted by molar-refractivity contribution is 5.64. The largest absolute Gasteiger partial charge is 0.280 e. The molecule has 0 bridgehead atoms. The van der Waals surface area contributed by atoms with Crippen LogP contribution in [-0.4, -0.2) is 12.6 Å². The number of halogens is 2. The summed E-state index contributed by atoms with van der Waals surface area (Å²) in [5.41, 5.74) is -0.0926. The Morgan fingerprint density at radius 2 is 2.38 bits per heavy atom. The van der Waals surface area contributed by atoms with Crippen LogP contribution >= 0.6 is 0 Å². The minimum Gasteiger partial charge on any atom is -0.260 e. The van der Waals surface area contributed by atoms with Gasteiger partial charge < -0.3 is 0 Å².